The predicted octanol–water partition coefficient (Wildman–Crippen LogP) is 1.34. The van der Waals surface area contributed by atoms with Gasteiger partial charge in [0.15, 0.2) is 0 Å². The van der Waals surface area contributed by atoms with Gasteiger partial charge in [-0.15, -0.1) is 5.10 Å². The van der Waals surface area contributed by atoms with Crippen LogP contribution in [0.15, 0.2) is 6.20 Å². The highest BCUT2D eigenvalue weighted by atomic mass is 16.4. The third-order valence-electron chi connectivity index (χ3n) is 2.11. The van der Waals surface area contributed by atoms with Crippen molar-refractivity contribution >= 4 is 5.97 Å². The molecule has 0 aliphatic carbocycles. The number of rotatable bonds is 6. The maximum absolute atomic E-state index is 10.5. The summed E-state index contributed by atoms with van der Waals surface area (Å²) < 4.78 is 1.72. The number of aliphatic carboxylic acids is 1. The zero-order valence-corrected chi connectivity index (χ0v) is 9.18. The summed E-state index contributed by atoms with van der Waals surface area (Å²) in [4.78, 5) is 10.5. The van der Waals surface area contributed by atoms with E-state index in [0.717, 1.165) is 18.5 Å². The van der Waals surface area contributed by atoms with Crippen molar-refractivity contribution in [1.82, 2.24) is 15.0 Å². The monoisotopic (exact) mass is 211 g/mol. The molecule has 0 radical (unpaired) electrons. The van der Waals surface area contributed by atoms with Crippen molar-refractivity contribution in [1.29, 1.82) is 0 Å². The van der Waals surface area contributed by atoms with Crippen molar-refractivity contribution < 1.29 is 9.90 Å². The summed E-state index contributed by atoms with van der Waals surface area (Å²) in [5, 5.41) is 16.6. The third kappa shape index (κ3) is 4.10. The summed E-state index contributed by atoms with van der Waals surface area (Å²) in [6, 6.07) is 0. The van der Waals surface area contributed by atoms with E-state index < -0.39 is 5.97 Å². The molecule has 0 fully saturated rings. The number of hydrogen-bond donors (Lipinski definition) is 1. The number of carbonyl (C=O) groups is 1. The lowest BCUT2D eigenvalue weighted by molar-refractivity contribution is -0.138. The van der Waals surface area contributed by atoms with Gasteiger partial charge in [0.1, 0.15) is 0 Å². The molecular weight excluding hydrogens is 194 g/mol. The molecular formula is C10H17N3O2. The highest BCUT2D eigenvalue weighted by Crippen LogP contribution is 2.06. The first-order chi connectivity index (χ1) is 7.11. The van der Waals surface area contributed by atoms with E-state index in [0.29, 0.717) is 6.54 Å². The van der Waals surface area contributed by atoms with Crippen molar-refractivity contribution in [2.45, 2.75) is 39.7 Å². The number of aryl methyl sites for hydroxylation is 1. The lowest BCUT2D eigenvalue weighted by atomic mass is 10.1. The summed E-state index contributed by atoms with van der Waals surface area (Å²) in [5.41, 5.74) is 0.972. The van der Waals surface area contributed by atoms with E-state index in [1.165, 1.54) is 0 Å². The molecule has 1 heterocycles. The Morgan fingerprint density at radius 1 is 1.67 bits per heavy atom. The molecule has 84 valence electrons. The maximum atomic E-state index is 10.5. The van der Waals surface area contributed by atoms with Crippen LogP contribution in [0.25, 0.3) is 0 Å². The molecule has 0 aliphatic rings. The minimum Gasteiger partial charge on any atom is -0.481 e. The Labute approximate surface area is 89.1 Å². The molecule has 1 aromatic heterocycles. The first-order valence-electron chi connectivity index (χ1n) is 5.22. The summed E-state index contributed by atoms with van der Waals surface area (Å²) in [6.07, 6.45) is 4.03. The quantitative estimate of drug-likeness (QED) is 0.771. The summed E-state index contributed by atoms with van der Waals surface area (Å²) >= 11 is 0. The first-order valence-corrected chi connectivity index (χ1v) is 5.22. The maximum Gasteiger partial charge on any atom is 0.303 e. The van der Waals surface area contributed by atoms with Crippen molar-refractivity contribution in [3.05, 3.63) is 11.9 Å². The average molecular weight is 211 g/mol. The zero-order chi connectivity index (χ0) is 11.3. The topological polar surface area (TPSA) is 68.0 Å². The van der Waals surface area contributed by atoms with Gasteiger partial charge < -0.3 is 5.11 Å². The summed E-state index contributed by atoms with van der Waals surface area (Å²) in [6.45, 7) is 4.60. The highest BCUT2D eigenvalue weighted by Gasteiger charge is 2.09. The lowest BCUT2D eigenvalue weighted by Gasteiger charge is -2.06. The Kier molecular flexibility index (Phi) is 4.27. The molecule has 1 aromatic rings. The molecule has 0 spiro atoms. The third-order valence-corrected chi connectivity index (χ3v) is 2.11. The Bertz CT molecular complexity index is 322. The van der Waals surface area contributed by atoms with E-state index >= 15 is 0 Å². The molecule has 0 aromatic carbocycles. The van der Waals surface area contributed by atoms with E-state index in [9.17, 15) is 4.79 Å². The number of carboxylic acids is 1. The summed E-state index contributed by atoms with van der Waals surface area (Å²) in [5.74, 6) is -0.685. The Hall–Kier alpha value is -1.39. The fourth-order valence-electron chi connectivity index (χ4n) is 1.48. The van der Waals surface area contributed by atoms with Gasteiger partial charge in [0, 0.05) is 19.2 Å². The lowest BCUT2D eigenvalue weighted by Crippen LogP contribution is -2.12. The van der Waals surface area contributed by atoms with Crippen LogP contribution in [0.1, 0.15) is 32.4 Å². The second-order valence-electron chi connectivity index (χ2n) is 3.88. The van der Waals surface area contributed by atoms with Crippen LogP contribution < -0.4 is 0 Å². The number of carboxylic acid groups (broad SMARTS) is 1. The van der Waals surface area contributed by atoms with Gasteiger partial charge in [-0.3, -0.25) is 9.48 Å². The van der Waals surface area contributed by atoms with Gasteiger partial charge in [-0.25, -0.2) is 0 Å². The first kappa shape index (κ1) is 11.7. The molecule has 0 amide bonds. The Balaban J connectivity index is 2.45. The van der Waals surface area contributed by atoms with Crippen LogP contribution in [-0.4, -0.2) is 26.1 Å². The van der Waals surface area contributed by atoms with Crippen molar-refractivity contribution in [2.24, 2.45) is 5.92 Å². The SMILES string of the molecule is CCCc1cn(CC(C)CC(=O)O)nn1. The molecule has 5 heteroatoms. The van der Waals surface area contributed by atoms with E-state index in [-0.39, 0.29) is 12.3 Å². The zero-order valence-electron chi connectivity index (χ0n) is 9.18. The van der Waals surface area contributed by atoms with Crippen LogP contribution in [0, 0.1) is 5.92 Å². The van der Waals surface area contributed by atoms with Gasteiger partial charge in [-0.2, -0.15) is 0 Å². The van der Waals surface area contributed by atoms with E-state index in [4.69, 9.17) is 5.11 Å². The Morgan fingerprint density at radius 2 is 2.40 bits per heavy atom. The second-order valence-corrected chi connectivity index (χ2v) is 3.88. The largest absolute Gasteiger partial charge is 0.481 e. The smallest absolute Gasteiger partial charge is 0.303 e. The van der Waals surface area contributed by atoms with Crippen molar-refractivity contribution in [3.8, 4) is 0 Å². The van der Waals surface area contributed by atoms with Crippen LogP contribution >= 0.6 is 0 Å². The highest BCUT2D eigenvalue weighted by molar-refractivity contribution is 5.66. The van der Waals surface area contributed by atoms with E-state index in [2.05, 4.69) is 17.2 Å². The average Bonchev–Trinajstić information content (AvgIpc) is 2.51. The number of aromatic nitrogens is 3. The van der Waals surface area contributed by atoms with Gasteiger partial charge >= 0.3 is 5.97 Å². The van der Waals surface area contributed by atoms with Crippen LogP contribution in [0.2, 0.25) is 0 Å². The van der Waals surface area contributed by atoms with E-state index in [1.807, 2.05) is 13.1 Å². The van der Waals surface area contributed by atoms with Gasteiger partial charge in [0.2, 0.25) is 0 Å². The van der Waals surface area contributed by atoms with Gasteiger partial charge in [0.05, 0.1) is 5.69 Å². The molecule has 0 saturated heterocycles. The molecule has 0 bridgehead atoms. The molecule has 0 saturated carbocycles. The predicted molar refractivity (Wildman–Crippen MR) is 55.4 cm³/mol. The molecule has 1 unspecified atom stereocenters. The van der Waals surface area contributed by atoms with Crippen LogP contribution in [-0.2, 0) is 17.8 Å². The van der Waals surface area contributed by atoms with Crippen LogP contribution in [0.5, 0.6) is 0 Å². The molecule has 1 atom stereocenters. The standard InChI is InChI=1S/C10H17N3O2/c1-3-4-9-7-13(12-11-9)6-8(2)5-10(14)15/h7-8H,3-6H2,1-2H3,(H,14,15). The normalized spacial score (nSPS) is 12.7. The molecule has 15 heavy (non-hydrogen) atoms. The molecule has 0 aliphatic heterocycles. The van der Waals surface area contributed by atoms with E-state index in [1.54, 1.807) is 4.68 Å². The van der Waals surface area contributed by atoms with Gasteiger partial charge in [-0.05, 0) is 12.3 Å². The molecule has 1 N–H and O–H groups in total. The molecule has 5 nitrogen and oxygen atoms in total. The number of nitrogens with zero attached hydrogens (tertiary/aromatic N) is 3. The number of hydrogen-bond acceptors (Lipinski definition) is 3. The summed E-state index contributed by atoms with van der Waals surface area (Å²) in [7, 11) is 0. The fraction of sp³-hybridized carbons (Fsp3) is 0.700. The van der Waals surface area contributed by atoms with Crippen molar-refractivity contribution in [3.63, 3.8) is 0 Å². The minimum absolute atomic E-state index is 0.0821. The minimum atomic E-state index is -0.767. The fourth-order valence-corrected chi connectivity index (χ4v) is 1.48. The van der Waals surface area contributed by atoms with Gasteiger partial charge in [0.25, 0.3) is 0 Å². The van der Waals surface area contributed by atoms with Crippen LogP contribution in [0.3, 0.4) is 0 Å². The second kappa shape index (κ2) is 5.48. The van der Waals surface area contributed by atoms with Crippen LogP contribution in [0.4, 0.5) is 0 Å². The van der Waals surface area contributed by atoms with Crippen molar-refractivity contribution in [2.75, 3.05) is 0 Å². The Morgan fingerprint density at radius 3 is 3.00 bits per heavy atom. The van der Waals surface area contributed by atoms with Gasteiger partial charge in [-0.1, -0.05) is 25.5 Å². The molecule has 1 rings (SSSR count).